The number of hydrogen-bond donors (Lipinski definition) is 2. The van der Waals surface area contributed by atoms with Crippen LogP contribution in [0.1, 0.15) is 23.1 Å². The van der Waals surface area contributed by atoms with Gasteiger partial charge in [-0.1, -0.05) is 46.6 Å². The van der Waals surface area contributed by atoms with Gasteiger partial charge in [-0.2, -0.15) is 0 Å². The lowest BCUT2D eigenvalue weighted by Gasteiger charge is -2.09. The molecule has 2 aromatic carbocycles. The van der Waals surface area contributed by atoms with Crippen molar-refractivity contribution < 1.29 is 14.0 Å². The monoisotopic (exact) mass is 529 g/mol. The lowest BCUT2D eigenvalue weighted by atomic mass is 10.2. The Morgan fingerprint density at radius 3 is 2.55 bits per heavy atom. The average Bonchev–Trinajstić information content (AvgIpc) is 3.18. The number of thioether (sulfide) groups is 1. The second-order valence-electron chi connectivity index (χ2n) is 6.74. The Kier molecular flexibility index (Phi) is 8.96. The van der Waals surface area contributed by atoms with Crippen molar-refractivity contribution in [1.29, 1.82) is 0 Å². The van der Waals surface area contributed by atoms with E-state index in [-0.39, 0.29) is 22.6 Å². The molecule has 0 aliphatic carbocycles. The molecule has 1 aromatic heterocycles. The van der Waals surface area contributed by atoms with Crippen molar-refractivity contribution in [1.82, 2.24) is 20.1 Å². The maximum atomic E-state index is 13.2. The van der Waals surface area contributed by atoms with Crippen LogP contribution in [0, 0.1) is 5.82 Å². The Morgan fingerprint density at radius 2 is 1.85 bits per heavy atom. The topological polar surface area (TPSA) is 88.9 Å². The quantitative estimate of drug-likeness (QED) is 0.376. The summed E-state index contributed by atoms with van der Waals surface area (Å²) in [5, 5.41) is 15.0. The molecule has 7 nitrogen and oxygen atoms in total. The second kappa shape index (κ2) is 11.7. The molecule has 0 saturated carbocycles. The molecule has 0 saturated heterocycles. The van der Waals surface area contributed by atoms with E-state index in [1.165, 1.54) is 36.0 Å². The molecule has 0 radical (unpaired) electrons. The first-order valence-corrected chi connectivity index (χ1v) is 11.9. The first-order valence-electron chi connectivity index (χ1n) is 9.81. The maximum Gasteiger partial charge on any atom is 0.251 e. The van der Waals surface area contributed by atoms with Gasteiger partial charge in [0.1, 0.15) is 11.6 Å². The summed E-state index contributed by atoms with van der Waals surface area (Å²) in [7, 11) is 0. The van der Waals surface area contributed by atoms with Crippen LogP contribution >= 0.6 is 46.6 Å². The molecule has 3 rings (SSSR count). The van der Waals surface area contributed by atoms with Crippen LogP contribution in [0.15, 0.2) is 41.6 Å². The smallest absolute Gasteiger partial charge is 0.251 e. The molecule has 33 heavy (non-hydrogen) atoms. The second-order valence-corrected chi connectivity index (χ2v) is 8.91. The molecule has 3 aromatic rings. The van der Waals surface area contributed by atoms with Crippen LogP contribution in [0.2, 0.25) is 15.1 Å². The highest BCUT2D eigenvalue weighted by Crippen LogP contribution is 2.23. The summed E-state index contributed by atoms with van der Waals surface area (Å²) in [5.41, 5.74) is 0.813. The van der Waals surface area contributed by atoms with Crippen molar-refractivity contribution in [2.75, 3.05) is 17.6 Å². The third-order valence-electron chi connectivity index (χ3n) is 4.46. The average molecular weight is 531 g/mol. The van der Waals surface area contributed by atoms with Crippen LogP contribution in [0.4, 0.5) is 10.1 Å². The fraction of sp³-hybridized carbons (Fsp3) is 0.238. The van der Waals surface area contributed by atoms with Gasteiger partial charge in [-0.05, 0) is 43.3 Å². The number of nitrogens with zero attached hydrogens (tertiary/aromatic N) is 3. The van der Waals surface area contributed by atoms with Crippen LogP contribution in [0.25, 0.3) is 0 Å². The summed E-state index contributed by atoms with van der Waals surface area (Å²) in [6, 6.07) is 8.63. The highest BCUT2D eigenvalue weighted by Gasteiger charge is 2.14. The van der Waals surface area contributed by atoms with Crippen molar-refractivity contribution in [3.8, 4) is 0 Å². The van der Waals surface area contributed by atoms with Crippen LogP contribution in [0.3, 0.4) is 0 Å². The minimum Gasteiger partial charge on any atom is -0.352 e. The van der Waals surface area contributed by atoms with Gasteiger partial charge in [0.15, 0.2) is 5.16 Å². The van der Waals surface area contributed by atoms with Crippen molar-refractivity contribution in [3.63, 3.8) is 0 Å². The van der Waals surface area contributed by atoms with E-state index in [9.17, 15) is 14.0 Å². The van der Waals surface area contributed by atoms with Crippen LogP contribution in [-0.4, -0.2) is 38.9 Å². The molecule has 12 heteroatoms. The first kappa shape index (κ1) is 25.3. The van der Waals surface area contributed by atoms with E-state index < -0.39 is 5.82 Å². The number of rotatable bonds is 9. The summed E-state index contributed by atoms with van der Waals surface area (Å²) < 4.78 is 15.1. The number of nitrogens with one attached hydrogen (secondary N) is 2. The van der Waals surface area contributed by atoms with E-state index in [1.807, 2.05) is 11.5 Å². The van der Waals surface area contributed by atoms with Gasteiger partial charge in [0, 0.05) is 30.8 Å². The Labute approximate surface area is 209 Å². The van der Waals surface area contributed by atoms with Gasteiger partial charge in [0.2, 0.25) is 5.91 Å². The fourth-order valence-corrected chi connectivity index (χ4v) is 4.16. The Balaban J connectivity index is 1.52. The van der Waals surface area contributed by atoms with Gasteiger partial charge in [0.05, 0.1) is 20.8 Å². The molecule has 2 amide bonds. The van der Waals surface area contributed by atoms with Crippen LogP contribution < -0.4 is 10.6 Å². The van der Waals surface area contributed by atoms with Gasteiger partial charge in [-0.3, -0.25) is 9.59 Å². The normalized spacial score (nSPS) is 10.8. The zero-order valence-corrected chi connectivity index (χ0v) is 20.5. The van der Waals surface area contributed by atoms with E-state index in [1.54, 1.807) is 12.1 Å². The van der Waals surface area contributed by atoms with E-state index in [0.29, 0.717) is 51.8 Å². The van der Waals surface area contributed by atoms with Gasteiger partial charge < -0.3 is 15.2 Å². The molecule has 0 atom stereocenters. The van der Waals surface area contributed by atoms with E-state index in [2.05, 4.69) is 20.8 Å². The number of halogens is 4. The van der Waals surface area contributed by atoms with Crippen molar-refractivity contribution in [3.05, 3.63) is 68.7 Å². The van der Waals surface area contributed by atoms with E-state index in [4.69, 9.17) is 34.8 Å². The Hall–Kier alpha value is -2.33. The minimum absolute atomic E-state index is 0.0675. The molecule has 0 bridgehead atoms. The molecule has 0 spiro atoms. The molecule has 0 aliphatic rings. The summed E-state index contributed by atoms with van der Waals surface area (Å²) in [6.07, 6.45) is 0.453. The van der Waals surface area contributed by atoms with E-state index in [0.717, 1.165) is 0 Å². The van der Waals surface area contributed by atoms with Crippen molar-refractivity contribution in [2.24, 2.45) is 0 Å². The molecular weight excluding hydrogens is 512 g/mol. The molecule has 0 fully saturated rings. The van der Waals surface area contributed by atoms with Crippen molar-refractivity contribution >= 4 is 64.1 Å². The Morgan fingerprint density at radius 1 is 1.06 bits per heavy atom. The van der Waals surface area contributed by atoms with Crippen molar-refractivity contribution in [2.45, 2.75) is 25.0 Å². The predicted molar refractivity (Wildman–Crippen MR) is 129 cm³/mol. The SMILES string of the molecule is CCn1c(CCNC(=O)c2ccc(Cl)c(Cl)c2)nnc1SCC(=O)Nc1ccc(F)c(Cl)c1. The minimum atomic E-state index is -0.555. The molecular formula is C21H19Cl3FN5O2S. The number of hydrogen-bond acceptors (Lipinski definition) is 5. The third kappa shape index (κ3) is 6.83. The standard InChI is InChI=1S/C21H19Cl3FN5O2S/c1-2-30-18(7-8-26-20(32)12-3-5-14(22)15(23)9-12)28-29-21(30)33-11-19(31)27-13-4-6-17(25)16(24)10-13/h3-6,9-10H,2,7-8,11H2,1H3,(H,26,32)(H,27,31). The highest BCUT2D eigenvalue weighted by molar-refractivity contribution is 7.99. The fourth-order valence-electron chi connectivity index (χ4n) is 2.86. The number of anilines is 1. The Bertz CT molecular complexity index is 1170. The molecule has 1 heterocycles. The third-order valence-corrected chi connectivity index (χ3v) is 6.46. The zero-order valence-electron chi connectivity index (χ0n) is 17.4. The van der Waals surface area contributed by atoms with Crippen LogP contribution in [0.5, 0.6) is 0 Å². The molecule has 2 N–H and O–H groups in total. The van der Waals surface area contributed by atoms with Gasteiger partial charge >= 0.3 is 0 Å². The lowest BCUT2D eigenvalue weighted by Crippen LogP contribution is -2.26. The highest BCUT2D eigenvalue weighted by atomic mass is 35.5. The van der Waals surface area contributed by atoms with Crippen LogP contribution in [-0.2, 0) is 17.8 Å². The first-order chi connectivity index (χ1) is 15.8. The maximum absolute atomic E-state index is 13.2. The summed E-state index contributed by atoms with van der Waals surface area (Å²) in [6.45, 7) is 2.88. The number of carbonyl (C=O) groups is 2. The zero-order chi connectivity index (χ0) is 24.0. The number of aromatic nitrogens is 3. The number of carbonyl (C=O) groups excluding carboxylic acids is 2. The van der Waals surface area contributed by atoms with Gasteiger partial charge in [-0.25, -0.2) is 4.39 Å². The molecule has 0 aliphatic heterocycles. The van der Waals surface area contributed by atoms with Gasteiger partial charge in [-0.15, -0.1) is 10.2 Å². The van der Waals surface area contributed by atoms with E-state index >= 15 is 0 Å². The predicted octanol–water partition coefficient (Wildman–Crippen LogP) is 5.10. The van der Waals surface area contributed by atoms with Gasteiger partial charge in [0.25, 0.3) is 5.91 Å². The summed E-state index contributed by atoms with van der Waals surface area (Å²) in [5.74, 6) is -0.353. The number of amides is 2. The largest absolute Gasteiger partial charge is 0.352 e. The lowest BCUT2D eigenvalue weighted by molar-refractivity contribution is -0.113. The summed E-state index contributed by atoms with van der Waals surface area (Å²) in [4.78, 5) is 24.5. The number of benzene rings is 2. The molecule has 174 valence electrons. The molecule has 0 unspecified atom stereocenters. The summed E-state index contributed by atoms with van der Waals surface area (Å²) >= 11 is 18.8.